The van der Waals surface area contributed by atoms with Crippen molar-refractivity contribution in [3.63, 3.8) is 0 Å². The van der Waals surface area contributed by atoms with Crippen molar-refractivity contribution in [2.24, 2.45) is 4.99 Å². The van der Waals surface area contributed by atoms with E-state index in [2.05, 4.69) is 4.99 Å². The molecule has 1 aromatic carbocycles. The van der Waals surface area contributed by atoms with E-state index >= 15 is 0 Å². The fourth-order valence-corrected chi connectivity index (χ4v) is 3.18. The number of aliphatic imine (C=N–C) groups is 1. The number of hydrogen-bond donors (Lipinski definition) is 0. The summed E-state index contributed by atoms with van der Waals surface area (Å²) in [6.07, 6.45) is 0. The van der Waals surface area contributed by atoms with E-state index in [0.717, 1.165) is 10.2 Å². The molecule has 72 valence electrons. The number of nitrogens with zero attached hydrogens (tertiary/aromatic N) is 1. The molecule has 1 aliphatic rings. The Balaban J connectivity index is 2.29. The number of rotatable bonds is 1. The molecule has 1 heterocycles. The molecule has 14 heavy (non-hydrogen) atoms. The van der Waals surface area contributed by atoms with Crippen LogP contribution in [0.4, 0.5) is 0 Å². The first-order chi connectivity index (χ1) is 6.66. The molecule has 0 aromatic heterocycles. The number of hydrogen-bond acceptors (Lipinski definition) is 1. The van der Waals surface area contributed by atoms with Gasteiger partial charge in [0, 0.05) is 0 Å². The molecule has 1 unspecified atom stereocenters. The molecule has 0 spiro atoms. The molecule has 2 rings (SSSR count). The van der Waals surface area contributed by atoms with Crippen LogP contribution in [0.15, 0.2) is 29.3 Å². The average molecular weight is 273 g/mol. The summed E-state index contributed by atoms with van der Waals surface area (Å²) in [5.41, 5.74) is 1.02. The molecule has 1 aliphatic heterocycles. The van der Waals surface area contributed by atoms with Crippen LogP contribution >= 0.6 is 11.6 Å². The predicted molar refractivity (Wildman–Crippen MR) is 58.2 cm³/mol. The summed E-state index contributed by atoms with van der Waals surface area (Å²) in [5, 5.41) is 0.708. The Bertz CT molecular complexity index is 399. The molecule has 0 fully saturated rings. The van der Waals surface area contributed by atoms with Crippen molar-refractivity contribution in [3.8, 4) is 0 Å². The van der Waals surface area contributed by atoms with Crippen LogP contribution in [0, 0.1) is 0 Å². The second kappa shape index (κ2) is 3.85. The summed E-state index contributed by atoms with van der Waals surface area (Å²) in [5.74, 6) is 0.00921. The Morgan fingerprint density at radius 3 is 2.50 bits per heavy atom. The maximum absolute atomic E-state index is 11.2. The average Bonchev–Trinajstić information content (AvgIpc) is 2.48. The fourth-order valence-electron chi connectivity index (χ4n) is 1.16. The number of carbonyl (C=O) groups is 1. The van der Waals surface area contributed by atoms with Gasteiger partial charge in [0.2, 0.25) is 0 Å². The fraction of sp³-hybridized carbons (Fsp3) is 0.200. The normalized spacial score (nSPS) is 21.1. The number of carbonyl (C=O) groups excluding carboxylic acids is 1. The Morgan fingerprint density at radius 2 is 2.00 bits per heavy atom. The van der Waals surface area contributed by atoms with Crippen LogP contribution in [0.25, 0.3) is 0 Å². The zero-order valence-electron chi connectivity index (χ0n) is 7.53. The molecule has 2 nitrogen and oxygen atoms in total. The Morgan fingerprint density at radius 1 is 1.36 bits per heavy atom. The van der Waals surface area contributed by atoms with Gasteiger partial charge in [-0.25, -0.2) is 0 Å². The second-order valence-electron chi connectivity index (χ2n) is 3.02. The van der Waals surface area contributed by atoms with E-state index < -0.39 is 0 Å². The SMILES string of the molecule is CC1[Se]C(c2ccc(Cl)cc2)=NC1=O. The minimum atomic E-state index is 0.00921. The van der Waals surface area contributed by atoms with Gasteiger partial charge < -0.3 is 0 Å². The van der Waals surface area contributed by atoms with E-state index in [1.807, 2.05) is 31.2 Å². The van der Waals surface area contributed by atoms with Gasteiger partial charge in [0.15, 0.2) is 0 Å². The topological polar surface area (TPSA) is 29.4 Å². The Hall–Kier alpha value is -0.631. The van der Waals surface area contributed by atoms with Gasteiger partial charge in [0.1, 0.15) is 0 Å². The van der Waals surface area contributed by atoms with Crippen molar-refractivity contribution >= 4 is 37.1 Å². The maximum atomic E-state index is 11.2. The monoisotopic (exact) mass is 273 g/mol. The third-order valence-electron chi connectivity index (χ3n) is 1.94. The quantitative estimate of drug-likeness (QED) is 0.720. The molecule has 1 amide bonds. The summed E-state index contributed by atoms with van der Waals surface area (Å²) in [7, 11) is 0. The Kier molecular flexibility index (Phi) is 2.73. The first-order valence-corrected chi connectivity index (χ1v) is 6.44. The van der Waals surface area contributed by atoms with Crippen molar-refractivity contribution in [3.05, 3.63) is 34.9 Å². The van der Waals surface area contributed by atoms with Crippen LogP contribution in [0.2, 0.25) is 9.84 Å². The number of halogens is 1. The van der Waals surface area contributed by atoms with Gasteiger partial charge in [-0.05, 0) is 0 Å². The van der Waals surface area contributed by atoms with Crippen LogP contribution < -0.4 is 0 Å². The number of amides is 1. The molecule has 1 aromatic rings. The minimum absolute atomic E-state index is 0.00921. The molecule has 0 saturated carbocycles. The molecule has 0 radical (unpaired) electrons. The molecule has 0 bridgehead atoms. The number of benzene rings is 1. The van der Waals surface area contributed by atoms with Gasteiger partial charge in [-0.3, -0.25) is 0 Å². The van der Waals surface area contributed by atoms with Crippen molar-refractivity contribution < 1.29 is 4.79 Å². The molecule has 0 N–H and O–H groups in total. The third kappa shape index (κ3) is 1.90. The molecule has 0 aliphatic carbocycles. The molecular formula is C10H8ClNOSe. The Labute approximate surface area is 93.5 Å². The van der Waals surface area contributed by atoms with Gasteiger partial charge in [0.25, 0.3) is 0 Å². The third-order valence-corrected chi connectivity index (χ3v) is 4.51. The standard InChI is InChI=1S/C10H8ClNOSe/c1-6-9(13)12-10(14-6)7-2-4-8(11)5-3-7/h2-6H,1H3. The van der Waals surface area contributed by atoms with Crippen LogP contribution in [0.5, 0.6) is 0 Å². The van der Waals surface area contributed by atoms with Crippen LogP contribution in [0.3, 0.4) is 0 Å². The van der Waals surface area contributed by atoms with Gasteiger partial charge in [-0.15, -0.1) is 0 Å². The predicted octanol–water partition coefficient (Wildman–Crippen LogP) is 2.14. The molecule has 0 saturated heterocycles. The van der Waals surface area contributed by atoms with E-state index in [1.54, 1.807) is 0 Å². The van der Waals surface area contributed by atoms with Gasteiger partial charge in [0.05, 0.1) is 0 Å². The summed E-state index contributed by atoms with van der Waals surface area (Å²) < 4.78 is 0.937. The zero-order valence-corrected chi connectivity index (χ0v) is 10.00. The summed E-state index contributed by atoms with van der Waals surface area (Å²) in [4.78, 5) is 15.3. The van der Waals surface area contributed by atoms with Crippen molar-refractivity contribution in [1.82, 2.24) is 0 Å². The van der Waals surface area contributed by atoms with E-state index in [4.69, 9.17) is 11.6 Å². The van der Waals surface area contributed by atoms with Crippen LogP contribution in [-0.2, 0) is 4.79 Å². The van der Waals surface area contributed by atoms with Gasteiger partial charge in [-0.2, -0.15) is 0 Å². The first kappa shape index (κ1) is 9.91. The van der Waals surface area contributed by atoms with Gasteiger partial charge >= 0.3 is 93.5 Å². The summed E-state index contributed by atoms with van der Waals surface area (Å²) in [6, 6.07) is 7.47. The van der Waals surface area contributed by atoms with Crippen molar-refractivity contribution in [2.75, 3.05) is 0 Å². The second-order valence-corrected chi connectivity index (χ2v) is 6.25. The molecule has 4 heteroatoms. The van der Waals surface area contributed by atoms with Crippen LogP contribution in [0.1, 0.15) is 12.5 Å². The van der Waals surface area contributed by atoms with E-state index in [1.165, 1.54) is 0 Å². The zero-order chi connectivity index (χ0) is 10.1. The van der Waals surface area contributed by atoms with E-state index in [0.29, 0.717) is 5.02 Å². The van der Waals surface area contributed by atoms with E-state index in [9.17, 15) is 4.79 Å². The molecule has 1 atom stereocenters. The first-order valence-electron chi connectivity index (χ1n) is 4.22. The van der Waals surface area contributed by atoms with Crippen molar-refractivity contribution in [2.45, 2.75) is 11.7 Å². The van der Waals surface area contributed by atoms with E-state index in [-0.39, 0.29) is 25.7 Å². The summed E-state index contributed by atoms with van der Waals surface area (Å²) in [6.45, 7) is 1.93. The van der Waals surface area contributed by atoms with Crippen molar-refractivity contribution in [1.29, 1.82) is 0 Å². The van der Waals surface area contributed by atoms with Crippen LogP contribution in [-0.4, -0.2) is 25.5 Å². The summed E-state index contributed by atoms with van der Waals surface area (Å²) >= 11 is 5.95. The molecular weight excluding hydrogens is 265 g/mol. The van der Waals surface area contributed by atoms with Gasteiger partial charge in [-0.1, -0.05) is 0 Å².